The van der Waals surface area contributed by atoms with Crippen molar-refractivity contribution in [3.63, 3.8) is 0 Å². The third-order valence-corrected chi connectivity index (χ3v) is 6.07. The van der Waals surface area contributed by atoms with Crippen molar-refractivity contribution < 1.29 is 13.2 Å². The zero-order valence-corrected chi connectivity index (χ0v) is 14.5. The van der Waals surface area contributed by atoms with Gasteiger partial charge in [-0.1, -0.05) is 54.1 Å². The number of ketones is 1. The lowest BCUT2D eigenvalue weighted by atomic mass is 9.98. The lowest BCUT2D eigenvalue weighted by Gasteiger charge is -2.26. The fourth-order valence-electron chi connectivity index (χ4n) is 2.96. The van der Waals surface area contributed by atoms with Crippen LogP contribution >= 0.6 is 0 Å². The number of aryl methyl sites for hydroxylation is 1. The van der Waals surface area contributed by atoms with Gasteiger partial charge in [-0.15, -0.1) is 0 Å². The van der Waals surface area contributed by atoms with Crippen LogP contribution in [0.4, 0.5) is 0 Å². The highest BCUT2D eigenvalue weighted by atomic mass is 32.2. The van der Waals surface area contributed by atoms with Gasteiger partial charge in [-0.25, -0.2) is 8.42 Å². The van der Waals surface area contributed by atoms with Crippen LogP contribution in [-0.4, -0.2) is 25.1 Å². The van der Waals surface area contributed by atoms with Crippen molar-refractivity contribution in [2.75, 3.05) is 6.54 Å². The molecule has 2 aromatic carbocycles. The van der Waals surface area contributed by atoms with Crippen LogP contribution in [0.2, 0.25) is 0 Å². The third kappa shape index (κ3) is 2.92. The molecule has 1 aliphatic heterocycles. The topological polar surface area (TPSA) is 54.5 Å². The van der Waals surface area contributed by atoms with Crippen molar-refractivity contribution in [1.29, 1.82) is 0 Å². The smallest absolute Gasteiger partial charge is 0.244 e. The van der Waals surface area contributed by atoms with E-state index in [9.17, 15) is 13.2 Å². The molecule has 0 N–H and O–H groups in total. The summed E-state index contributed by atoms with van der Waals surface area (Å²) in [7, 11) is -3.69. The molecule has 2 aromatic rings. The Balaban J connectivity index is 2.06. The van der Waals surface area contributed by atoms with E-state index in [1.807, 2.05) is 37.3 Å². The summed E-state index contributed by atoms with van der Waals surface area (Å²) in [5.41, 5.74) is 2.32. The molecule has 0 aromatic heterocycles. The van der Waals surface area contributed by atoms with Gasteiger partial charge in [0.05, 0.1) is 10.9 Å². The molecule has 0 saturated carbocycles. The van der Waals surface area contributed by atoms with Crippen molar-refractivity contribution in [3.05, 3.63) is 77.4 Å². The van der Waals surface area contributed by atoms with E-state index < -0.39 is 16.1 Å². The second kappa shape index (κ2) is 6.34. The minimum atomic E-state index is -3.69. The van der Waals surface area contributed by atoms with E-state index in [1.54, 1.807) is 30.3 Å². The van der Waals surface area contributed by atoms with Gasteiger partial charge >= 0.3 is 0 Å². The van der Waals surface area contributed by atoms with Crippen LogP contribution in [0.25, 0.3) is 0 Å². The van der Waals surface area contributed by atoms with Gasteiger partial charge in [0.1, 0.15) is 0 Å². The van der Waals surface area contributed by atoms with E-state index in [4.69, 9.17) is 0 Å². The van der Waals surface area contributed by atoms with Crippen LogP contribution in [0.5, 0.6) is 0 Å². The first-order valence-corrected chi connectivity index (χ1v) is 9.19. The SMILES string of the molecule is CC(=O)C1=CCN(S(=O)(=O)c2ccc(C)cc2)C1c1ccccc1. The molecule has 24 heavy (non-hydrogen) atoms. The van der Waals surface area contributed by atoms with Gasteiger partial charge < -0.3 is 0 Å². The monoisotopic (exact) mass is 341 g/mol. The van der Waals surface area contributed by atoms with E-state index in [0.29, 0.717) is 5.57 Å². The number of Topliss-reactive ketones (excluding diaryl/α,β-unsaturated/α-hetero) is 1. The molecule has 0 bridgehead atoms. The van der Waals surface area contributed by atoms with E-state index in [1.165, 1.54) is 11.2 Å². The van der Waals surface area contributed by atoms with Gasteiger partial charge in [-0.05, 0) is 31.5 Å². The summed E-state index contributed by atoms with van der Waals surface area (Å²) < 4.78 is 27.6. The molecule has 1 atom stereocenters. The van der Waals surface area contributed by atoms with Crippen LogP contribution in [0.1, 0.15) is 24.1 Å². The standard InChI is InChI=1S/C19H19NO3S/c1-14-8-10-17(11-9-14)24(22,23)20-13-12-18(15(2)21)19(20)16-6-4-3-5-7-16/h3-12,19H,13H2,1-2H3. The number of carbonyl (C=O) groups excluding carboxylic acids is 1. The maximum absolute atomic E-state index is 13.1. The quantitative estimate of drug-likeness (QED) is 0.858. The molecule has 0 amide bonds. The molecule has 0 saturated heterocycles. The van der Waals surface area contributed by atoms with Crippen LogP contribution in [0.15, 0.2) is 71.1 Å². The van der Waals surface area contributed by atoms with Gasteiger partial charge in [0.25, 0.3) is 0 Å². The molecule has 124 valence electrons. The summed E-state index contributed by atoms with van der Waals surface area (Å²) in [4.78, 5) is 12.2. The van der Waals surface area contributed by atoms with Gasteiger partial charge in [0, 0.05) is 12.1 Å². The molecule has 0 fully saturated rings. The average molecular weight is 341 g/mol. The number of nitrogens with zero attached hydrogens (tertiary/aromatic N) is 1. The molecule has 4 nitrogen and oxygen atoms in total. The Kier molecular flexibility index (Phi) is 4.39. The van der Waals surface area contributed by atoms with Crippen LogP contribution in [-0.2, 0) is 14.8 Å². The second-order valence-electron chi connectivity index (χ2n) is 5.92. The summed E-state index contributed by atoms with van der Waals surface area (Å²) in [6, 6.07) is 15.5. The lowest BCUT2D eigenvalue weighted by molar-refractivity contribution is -0.113. The minimum Gasteiger partial charge on any atom is -0.295 e. The van der Waals surface area contributed by atoms with Crippen LogP contribution in [0.3, 0.4) is 0 Å². The normalized spacial score (nSPS) is 18.4. The van der Waals surface area contributed by atoms with E-state index in [0.717, 1.165) is 11.1 Å². The number of rotatable bonds is 4. The number of hydrogen-bond donors (Lipinski definition) is 0. The highest BCUT2D eigenvalue weighted by molar-refractivity contribution is 7.89. The van der Waals surface area contributed by atoms with Crippen molar-refractivity contribution >= 4 is 15.8 Å². The molecule has 1 aliphatic rings. The van der Waals surface area contributed by atoms with Crippen LogP contribution in [0, 0.1) is 6.92 Å². The maximum Gasteiger partial charge on any atom is 0.244 e. The minimum absolute atomic E-state index is 0.106. The van der Waals surface area contributed by atoms with Crippen molar-refractivity contribution in [2.45, 2.75) is 24.8 Å². The second-order valence-corrected chi connectivity index (χ2v) is 7.81. The number of hydrogen-bond acceptors (Lipinski definition) is 3. The maximum atomic E-state index is 13.1. The first-order chi connectivity index (χ1) is 11.4. The van der Waals surface area contributed by atoms with Crippen LogP contribution < -0.4 is 0 Å². The molecule has 0 spiro atoms. The molecule has 0 aliphatic carbocycles. The third-order valence-electron chi connectivity index (χ3n) is 4.22. The summed E-state index contributed by atoms with van der Waals surface area (Å²) in [5, 5.41) is 0. The summed E-state index contributed by atoms with van der Waals surface area (Å²) in [6.45, 7) is 3.59. The highest BCUT2D eigenvalue weighted by Gasteiger charge is 2.39. The lowest BCUT2D eigenvalue weighted by Crippen LogP contribution is -2.33. The zero-order valence-electron chi connectivity index (χ0n) is 13.6. The average Bonchev–Trinajstić information content (AvgIpc) is 3.02. The fourth-order valence-corrected chi connectivity index (χ4v) is 4.49. The molecular formula is C19H19NO3S. The molecule has 3 rings (SSSR count). The molecule has 5 heteroatoms. The Bertz CT molecular complexity index is 884. The molecular weight excluding hydrogens is 322 g/mol. The largest absolute Gasteiger partial charge is 0.295 e. The Morgan fingerprint density at radius 2 is 1.67 bits per heavy atom. The summed E-state index contributed by atoms with van der Waals surface area (Å²) >= 11 is 0. The van der Waals surface area contributed by atoms with E-state index >= 15 is 0 Å². The Morgan fingerprint density at radius 3 is 2.25 bits per heavy atom. The predicted octanol–water partition coefficient (Wildman–Crippen LogP) is 3.26. The molecule has 1 heterocycles. The van der Waals surface area contributed by atoms with Crippen molar-refractivity contribution in [1.82, 2.24) is 4.31 Å². The van der Waals surface area contributed by atoms with Gasteiger partial charge in [-0.3, -0.25) is 4.79 Å². The number of benzene rings is 2. The molecule has 0 radical (unpaired) electrons. The highest BCUT2D eigenvalue weighted by Crippen LogP contribution is 2.37. The summed E-state index contributed by atoms with van der Waals surface area (Å²) in [5.74, 6) is -0.106. The first kappa shape index (κ1) is 16.6. The van der Waals surface area contributed by atoms with Gasteiger partial charge in [0.2, 0.25) is 10.0 Å². The Hall–Kier alpha value is -2.24. The van der Waals surface area contributed by atoms with E-state index in [2.05, 4.69) is 0 Å². The first-order valence-electron chi connectivity index (χ1n) is 7.75. The zero-order chi connectivity index (χ0) is 17.3. The summed E-state index contributed by atoms with van der Waals surface area (Å²) in [6.07, 6.45) is 1.71. The van der Waals surface area contributed by atoms with E-state index in [-0.39, 0.29) is 17.2 Å². The van der Waals surface area contributed by atoms with Crippen molar-refractivity contribution in [3.8, 4) is 0 Å². The Labute approximate surface area is 142 Å². The predicted molar refractivity (Wildman–Crippen MR) is 93.0 cm³/mol. The molecule has 1 unspecified atom stereocenters. The fraction of sp³-hybridized carbons (Fsp3) is 0.211. The van der Waals surface area contributed by atoms with Gasteiger partial charge in [-0.2, -0.15) is 4.31 Å². The number of carbonyl (C=O) groups is 1. The number of sulfonamides is 1. The van der Waals surface area contributed by atoms with Crippen molar-refractivity contribution in [2.24, 2.45) is 0 Å². The van der Waals surface area contributed by atoms with Gasteiger partial charge in [0.15, 0.2) is 5.78 Å². The Morgan fingerprint density at radius 1 is 1.04 bits per heavy atom.